The molecule has 0 aliphatic heterocycles. The standard InChI is InChI=1S/C16H14ClN3O/c1-10(17)16-19-13-6-5-12(9-18)8-14(13)20(16)11(2)15-4-3-7-21-15/h3-8,10-11H,1-2H3. The lowest BCUT2D eigenvalue weighted by molar-refractivity contribution is 0.444. The second-order valence-electron chi connectivity index (χ2n) is 4.96. The van der Waals surface area contributed by atoms with Gasteiger partial charge in [-0.1, -0.05) is 0 Å². The van der Waals surface area contributed by atoms with Gasteiger partial charge in [0.1, 0.15) is 11.6 Å². The minimum absolute atomic E-state index is 0.0462. The topological polar surface area (TPSA) is 54.8 Å². The van der Waals surface area contributed by atoms with E-state index < -0.39 is 0 Å². The maximum absolute atomic E-state index is 9.10. The number of furan rings is 1. The van der Waals surface area contributed by atoms with Crippen molar-refractivity contribution in [1.82, 2.24) is 9.55 Å². The summed E-state index contributed by atoms with van der Waals surface area (Å²) in [6, 6.07) is 11.3. The van der Waals surface area contributed by atoms with E-state index >= 15 is 0 Å². The van der Waals surface area contributed by atoms with Crippen LogP contribution in [0.2, 0.25) is 0 Å². The van der Waals surface area contributed by atoms with Crippen molar-refractivity contribution in [3.05, 3.63) is 53.7 Å². The van der Waals surface area contributed by atoms with E-state index in [0.29, 0.717) is 5.56 Å². The molecular formula is C16H14ClN3O. The number of rotatable bonds is 3. The number of nitrogens with zero attached hydrogens (tertiary/aromatic N) is 3. The molecule has 3 rings (SSSR count). The lowest BCUT2D eigenvalue weighted by atomic mass is 10.2. The number of nitriles is 1. The van der Waals surface area contributed by atoms with Gasteiger partial charge >= 0.3 is 0 Å². The van der Waals surface area contributed by atoms with Crippen LogP contribution in [0.1, 0.15) is 42.4 Å². The quantitative estimate of drug-likeness (QED) is 0.673. The average molecular weight is 300 g/mol. The maximum atomic E-state index is 9.10. The fourth-order valence-corrected chi connectivity index (χ4v) is 2.68. The van der Waals surface area contributed by atoms with Crippen LogP contribution in [0.3, 0.4) is 0 Å². The van der Waals surface area contributed by atoms with Crippen LogP contribution < -0.4 is 0 Å². The van der Waals surface area contributed by atoms with Crippen molar-refractivity contribution in [1.29, 1.82) is 5.26 Å². The van der Waals surface area contributed by atoms with Gasteiger partial charge in [0.2, 0.25) is 0 Å². The summed E-state index contributed by atoms with van der Waals surface area (Å²) in [4.78, 5) is 4.60. The first kappa shape index (κ1) is 13.7. The highest BCUT2D eigenvalue weighted by Crippen LogP contribution is 2.31. The summed E-state index contributed by atoms with van der Waals surface area (Å²) in [6.07, 6.45) is 1.65. The van der Waals surface area contributed by atoms with Gasteiger partial charge in [-0.2, -0.15) is 5.26 Å². The summed E-state index contributed by atoms with van der Waals surface area (Å²) in [5.74, 6) is 1.60. The summed E-state index contributed by atoms with van der Waals surface area (Å²) >= 11 is 6.28. The molecule has 0 aliphatic carbocycles. The van der Waals surface area contributed by atoms with Crippen molar-refractivity contribution in [2.75, 3.05) is 0 Å². The van der Waals surface area contributed by atoms with Crippen LogP contribution in [0.25, 0.3) is 11.0 Å². The number of benzene rings is 1. The summed E-state index contributed by atoms with van der Waals surface area (Å²) in [5.41, 5.74) is 2.32. The molecule has 3 aromatic rings. The molecule has 0 spiro atoms. The van der Waals surface area contributed by atoms with Gasteiger partial charge in [0.25, 0.3) is 0 Å². The highest BCUT2D eigenvalue weighted by Gasteiger charge is 2.21. The van der Waals surface area contributed by atoms with Crippen LogP contribution in [0, 0.1) is 11.3 Å². The number of hydrogen-bond donors (Lipinski definition) is 0. The molecule has 106 valence electrons. The van der Waals surface area contributed by atoms with Crippen LogP contribution in [0.4, 0.5) is 0 Å². The zero-order chi connectivity index (χ0) is 15.0. The second kappa shape index (κ2) is 5.27. The molecule has 0 bridgehead atoms. The lowest BCUT2D eigenvalue weighted by Gasteiger charge is -2.16. The van der Waals surface area contributed by atoms with E-state index in [2.05, 4.69) is 11.1 Å². The lowest BCUT2D eigenvalue weighted by Crippen LogP contribution is -2.10. The highest BCUT2D eigenvalue weighted by molar-refractivity contribution is 6.20. The molecule has 0 aliphatic rings. The number of fused-ring (bicyclic) bond motifs is 1. The first-order chi connectivity index (χ1) is 10.1. The van der Waals surface area contributed by atoms with Gasteiger partial charge in [0, 0.05) is 0 Å². The molecule has 0 amide bonds. The SMILES string of the molecule is CC(Cl)c1nc2ccc(C#N)cc2n1C(C)c1ccco1. The maximum Gasteiger partial charge on any atom is 0.128 e. The summed E-state index contributed by atoms with van der Waals surface area (Å²) in [7, 11) is 0. The Bertz CT molecular complexity index is 812. The number of hydrogen-bond acceptors (Lipinski definition) is 3. The molecule has 4 nitrogen and oxygen atoms in total. The number of alkyl halides is 1. The molecule has 2 heterocycles. The molecule has 2 atom stereocenters. The largest absolute Gasteiger partial charge is 0.467 e. The Morgan fingerprint density at radius 1 is 1.33 bits per heavy atom. The van der Waals surface area contributed by atoms with Crippen LogP contribution >= 0.6 is 11.6 Å². The van der Waals surface area contributed by atoms with Crippen molar-refractivity contribution in [2.24, 2.45) is 0 Å². The Labute approximate surface area is 127 Å². The van der Waals surface area contributed by atoms with Gasteiger partial charge in [-0.25, -0.2) is 4.98 Å². The molecule has 2 aromatic heterocycles. The Morgan fingerprint density at radius 3 is 2.76 bits per heavy atom. The van der Waals surface area contributed by atoms with E-state index in [0.717, 1.165) is 22.6 Å². The van der Waals surface area contributed by atoms with E-state index in [4.69, 9.17) is 21.3 Å². The van der Waals surface area contributed by atoms with Gasteiger partial charge in [-0.3, -0.25) is 0 Å². The fraction of sp³-hybridized carbons (Fsp3) is 0.250. The molecule has 0 fully saturated rings. The average Bonchev–Trinajstić information content (AvgIpc) is 3.13. The third-order valence-corrected chi connectivity index (χ3v) is 3.74. The van der Waals surface area contributed by atoms with Gasteiger partial charge < -0.3 is 8.98 Å². The van der Waals surface area contributed by atoms with Crippen LogP contribution in [-0.2, 0) is 0 Å². The van der Waals surface area contributed by atoms with Crippen LogP contribution in [-0.4, -0.2) is 9.55 Å². The molecule has 5 heteroatoms. The molecule has 0 saturated carbocycles. The Morgan fingerprint density at radius 2 is 2.14 bits per heavy atom. The fourth-order valence-electron chi connectivity index (χ4n) is 2.53. The first-order valence-electron chi connectivity index (χ1n) is 6.71. The first-order valence-corrected chi connectivity index (χ1v) is 7.15. The molecule has 0 saturated heterocycles. The number of aromatic nitrogens is 2. The van der Waals surface area contributed by atoms with E-state index in [1.807, 2.05) is 42.7 Å². The van der Waals surface area contributed by atoms with Crippen LogP contribution in [0.5, 0.6) is 0 Å². The minimum Gasteiger partial charge on any atom is -0.467 e. The monoisotopic (exact) mass is 299 g/mol. The molecule has 1 aromatic carbocycles. The second-order valence-corrected chi connectivity index (χ2v) is 5.62. The smallest absolute Gasteiger partial charge is 0.128 e. The summed E-state index contributed by atoms with van der Waals surface area (Å²) in [5, 5.41) is 8.87. The zero-order valence-electron chi connectivity index (χ0n) is 11.7. The Hall–Kier alpha value is -2.25. The summed E-state index contributed by atoms with van der Waals surface area (Å²) < 4.78 is 7.54. The van der Waals surface area contributed by atoms with Crippen molar-refractivity contribution in [3.8, 4) is 6.07 Å². The zero-order valence-corrected chi connectivity index (χ0v) is 12.5. The van der Waals surface area contributed by atoms with Gasteiger partial charge in [0.15, 0.2) is 0 Å². The van der Waals surface area contributed by atoms with Gasteiger partial charge in [0.05, 0.1) is 40.3 Å². The molecule has 21 heavy (non-hydrogen) atoms. The van der Waals surface area contributed by atoms with Crippen LogP contribution in [0.15, 0.2) is 41.0 Å². The van der Waals surface area contributed by atoms with E-state index in [1.54, 1.807) is 12.3 Å². The van der Waals surface area contributed by atoms with E-state index in [1.165, 1.54) is 0 Å². The Balaban J connectivity index is 2.27. The van der Waals surface area contributed by atoms with Gasteiger partial charge in [-0.15, -0.1) is 11.6 Å². The minimum atomic E-state index is -0.236. The number of imidazole rings is 1. The highest BCUT2D eigenvalue weighted by atomic mass is 35.5. The predicted octanol–water partition coefficient (Wildman–Crippen LogP) is 4.41. The van der Waals surface area contributed by atoms with Gasteiger partial charge in [-0.05, 0) is 44.2 Å². The molecule has 2 unspecified atom stereocenters. The third kappa shape index (κ3) is 2.30. The van der Waals surface area contributed by atoms with Crippen molar-refractivity contribution >= 4 is 22.6 Å². The molecule has 0 radical (unpaired) electrons. The van der Waals surface area contributed by atoms with Crippen molar-refractivity contribution in [3.63, 3.8) is 0 Å². The van der Waals surface area contributed by atoms with Crippen molar-refractivity contribution < 1.29 is 4.42 Å². The summed E-state index contributed by atoms with van der Waals surface area (Å²) in [6.45, 7) is 3.92. The third-order valence-electron chi connectivity index (χ3n) is 3.54. The Kier molecular flexibility index (Phi) is 3.44. The molecular weight excluding hydrogens is 286 g/mol. The van der Waals surface area contributed by atoms with E-state index in [9.17, 15) is 0 Å². The van der Waals surface area contributed by atoms with E-state index in [-0.39, 0.29) is 11.4 Å². The predicted molar refractivity (Wildman–Crippen MR) is 81.2 cm³/mol. The molecule has 0 N–H and O–H groups in total. The normalized spacial score (nSPS) is 14.0. The number of halogens is 1. The van der Waals surface area contributed by atoms with Crippen molar-refractivity contribution in [2.45, 2.75) is 25.3 Å².